The second-order valence-corrected chi connectivity index (χ2v) is 8.66. The molecule has 178 valence electrons. The molecule has 0 bridgehead atoms. The number of H-pyrrole nitrogens is 1. The monoisotopic (exact) mass is 488 g/mol. The fourth-order valence-corrected chi connectivity index (χ4v) is 3.93. The number of fused-ring (bicyclic) bond motifs is 1. The zero-order valence-corrected chi connectivity index (χ0v) is 20.3. The first-order valence-electron chi connectivity index (χ1n) is 11.3. The first-order chi connectivity index (χ1) is 17.0. The molecule has 1 atom stereocenters. The molecular weight excluding hydrogens is 464 g/mol. The van der Waals surface area contributed by atoms with Crippen molar-refractivity contribution in [2.75, 3.05) is 10.6 Å². The molecule has 0 aliphatic heterocycles. The van der Waals surface area contributed by atoms with Crippen molar-refractivity contribution in [3.8, 4) is 11.8 Å². The number of halogens is 1. The molecule has 5 aromatic rings. The van der Waals surface area contributed by atoms with Crippen LogP contribution in [0.4, 0.5) is 17.5 Å². The first-order valence-corrected chi connectivity index (χ1v) is 11.6. The van der Waals surface area contributed by atoms with Crippen LogP contribution in [0.15, 0.2) is 60.9 Å². The lowest BCUT2D eigenvalue weighted by Gasteiger charge is -2.18. The summed E-state index contributed by atoms with van der Waals surface area (Å²) in [7, 11) is 2.01. The lowest BCUT2D eigenvalue weighted by Crippen LogP contribution is -2.12. The van der Waals surface area contributed by atoms with Gasteiger partial charge in [0.2, 0.25) is 5.95 Å². The Morgan fingerprint density at radius 1 is 1.09 bits per heavy atom. The third kappa shape index (κ3) is 5.04. The van der Waals surface area contributed by atoms with Crippen LogP contribution in [0.1, 0.15) is 30.6 Å². The number of benzene rings is 2. The smallest absolute Gasteiger partial charge is 0.321 e. The highest BCUT2D eigenvalue weighted by Gasteiger charge is 2.15. The Kier molecular flexibility index (Phi) is 6.24. The van der Waals surface area contributed by atoms with Crippen LogP contribution < -0.4 is 15.4 Å². The third-order valence-corrected chi connectivity index (χ3v) is 5.85. The average Bonchev–Trinajstić information content (AvgIpc) is 3.41. The molecule has 0 radical (unpaired) electrons. The van der Waals surface area contributed by atoms with Gasteiger partial charge in [-0.1, -0.05) is 30.7 Å². The number of hydrogen-bond donors (Lipinski definition) is 3. The minimum absolute atomic E-state index is 0.0796. The Bertz CT molecular complexity index is 1440. The molecule has 9 nitrogen and oxygen atoms in total. The molecule has 0 spiro atoms. The summed E-state index contributed by atoms with van der Waals surface area (Å²) in [6, 6.07) is 16.3. The molecule has 0 aliphatic carbocycles. The summed E-state index contributed by atoms with van der Waals surface area (Å²) in [4.78, 5) is 12.9. The van der Waals surface area contributed by atoms with E-state index in [0.717, 1.165) is 46.2 Å². The molecular formula is C25H25ClN8O. The van der Waals surface area contributed by atoms with Gasteiger partial charge in [-0.2, -0.15) is 5.10 Å². The summed E-state index contributed by atoms with van der Waals surface area (Å²) in [6.07, 6.45) is 3.89. The van der Waals surface area contributed by atoms with Gasteiger partial charge >= 0.3 is 6.01 Å². The molecule has 0 amide bonds. The van der Waals surface area contributed by atoms with E-state index in [9.17, 15) is 0 Å². The van der Waals surface area contributed by atoms with Crippen molar-refractivity contribution < 1.29 is 4.74 Å². The number of aromatic amines is 1. The van der Waals surface area contributed by atoms with E-state index in [1.54, 1.807) is 0 Å². The van der Waals surface area contributed by atoms with E-state index in [-0.39, 0.29) is 12.1 Å². The molecule has 0 fully saturated rings. The van der Waals surface area contributed by atoms with Crippen molar-refractivity contribution >= 4 is 40.1 Å². The standard InChI is InChI=1S/C25H25ClN8O/c1-4-20(16-5-8-19(9-6-16)35-25-27-13-17(26)14-28-25)30-24-31-21-10-7-18(12-22(21)34(24)3)29-23-11-15(2)32-33-23/h5-14,20H,4H2,1-3H3,(H,30,31)(H2,29,32,33). The lowest BCUT2D eigenvalue weighted by atomic mass is 10.0. The van der Waals surface area contributed by atoms with Gasteiger partial charge in [0, 0.05) is 24.5 Å². The van der Waals surface area contributed by atoms with E-state index in [0.29, 0.717) is 10.8 Å². The predicted octanol–water partition coefficient (Wildman–Crippen LogP) is 6.15. The lowest BCUT2D eigenvalue weighted by molar-refractivity contribution is 0.441. The van der Waals surface area contributed by atoms with Crippen LogP contribution >= 0.6 is 11.6 Å². The number of aryl methyl sites for hydroxylation is 2. The third-order valence-electron chi connectivity index (χ3n) is 5.66. The van der Waals surface area contributed by atoms with Gasteiger partial charge in [-0.05, 0) is 49.2 Å². The molecule has 3 N–H and O–H groups in total. The molecule has 2 aromatic carbocycles. The molecule has 3 aromatic heterocycles. The number of imidazole rings is 1. The van der Waals surface area contributed by atoms with Crippen molar-refractivity contribution in [3.05, 3.63) is 77.2 Å². The van der Waals surface area contributed by atoms with E-state index in [1.165, 1.54) is 12.4 Å². The molecule has 0 saturated heterocycles. The predicted molar refractivity (Wildman–Crippen MR) is 138 cm³/mol. The van der Waals surface area contributed by atoms with Crippen LogP contribution in [-0.4, -0.2) is 29.7 Å². The van der Waals surface area contributed by atoms with Gasteiger partial charge in [-0.15, -0.1) is 0 Å². The summed E-state index contributed by atoms with van der Waals surface area (Å²) >= 11 is 5.83. The van der Waals surface area contributed by atoms with E-state index in [2.05, 4.69) is 48.4 Å². The zero-order chi connectivity index (χ0) is 24.4. The van der Waals surface area contributed by atoms with Gasteiger partial charge in [0.05, 0.1) is 34.5 Å². The summed E-state index contributed by atoms with van der Waals surface area (Å²) in [5, 5.41) is 14.6. The van der Waals surface area contributed by atoms with E-state index >= 15 is 0 Å². The number of aromatic nitrogens is 6. The summed E-state index contributed by atoms with van der Waals surface area (Å²) in [5.74, 6) is 2.23. The molecule has 1 unspecified atom stereocenters. The Morgan fingerprint density at radius 2 is 1.86 bits per heavy atom. The first kappa shape index (κ1) is 22.7. The van der Waals surface area contributed by atoms with Gasteiger partial charge in [0.15, 0.2) is 5.82 Å². The van der Waals surface area contributed by atoms with Crippen LogP contribution in [0.25, 0.3) is 11.0 Å². The maximum atomic E-state index is 5.83. The zero-order valence-electron chi connectivity index (χ0n) is 19.6. The van der Waals surface area contributed by atoms with Crippen molar-refractivity contribution in [2.24, 2.45) is 7.05 Å². The van der Waals surface area contributed by atoms with Crippen molar-refractivity contribution in [1.29, 1.82) is 0 Å². The molecule has 0 aliphatic rings. The van der Waals surface area contributed by atoms with Gasteiger partial charge in [0.1, 0.15) is 5.75 Å². The highest BCUT2D eigenvalue weighted by Crippen LogP contribution is 2.29. The Balaban J connectivity index is 1.32. The Labute approximate surface area is 207 Å². The summed E-state index contributed by atoms with van der Waals surface area (Å²) in [6.45, 7) is 4.11. The molecule has 0 saturated carbocycles. The minimum atomic E-state index is 0.0796. The molecule has 3 heterocycles. The fraction of sp³-hybridized carbons (Fsp3) is 0.200. The highest BCUT2D eigenvalue weighted by atomic mass is 35.5. The number of ether oxygens (including phenoxy) is 1. The molecule has 5 rings (SSSR count). The maximum Gasteiger partial charge on any atom is 0.321 e. The van der Waals surface area contributed by atoms with Crippen LogP contribution in [0.2, 0.25) is 5.02 Å². The SMILES string of the molecule is CCC(Nc1nc2ccc(Nc3cc(C)[nH]n3)cc2n1C)c1ccc(Oc2ncc(Cl)cn2)cc1. The van der Waals surface area contributed by atoms with Crippen LogP contribution in [0.3, 0.4) is 0 Å². The van der Waals surface area contributed by atoms with E-state index in [1.807, 2.05) is 56.4 Å². The molecule has 10 heteroatoms. The van der Waals surface area contributed by atoms with Crippen LogP contribution in [0.5, 0.6) is 11.8 Å². The average molecular weight is 489 g/mol. The normalized spacial score (nSPS) is 12.0. The topological polar surface area (TPSA) is 106 Å². The van der Waals surface area contributed by atoms with Crippen LogP contribution in [0, 0.1) is 6.92 Å². The Morgan fingerprint density at radius 3 is 2.54 bits per heavy atom. The number of nitrogens with one attached hydrogen (secondary N) is 3. The minimum Gasteiger partial charge on any atom is -0.424 e. The summed E-state index contributed by atoms with van der Waals surface area (Å²) < 4.78 is 7.77. The van der Waals surface area contributed by atoms with E-state index in [4.69, 9.17) is 21.3 Å². The van der Waals surface area contributed by atoms with Gasteiger partial charge in [-0.3, -0.25) is 5.10 Å². The van der Waals surface area contributed by atoms with Crippen molar-refractivity contribution in [1.82, 2.24) is 29.7 Å². The van der Waals surface area contributed by atoms with Crippen molar-refractivity contribution in [2.45, 2.75) is 26.3 Å². The number of rotatable bonds is 8. The highest BCUT2D eigenvalue weighted by molar-refractivity contribution is 6.30. The van der Waals surface area contributed by atoms with Gasteiger partial charge in [0.25, 0.3) is 0 Å². The van der Waals surface area contributed by atoms with E-state index < -0.39 is 0 Å². The van der Waals surface area contributed by atoms with Crippen LogP contribution in [-0.2, 0) is 7.05 Å². The Hall–Kier alpha value is -4.11. The van der Waals surface area contributed by atoms with Gasteiger partial charge in [-0.25, -0.2) is 15.0 Å². The number of nitrogens with zero attached hydrogens (tertiary/aromatic N) is 5. The summed E-state index contributed by atoms with van der Waals surface area (Å²) in [5.41, 5.74) is 5.02. The number of hydrogen-bond acceptors (Lipinski definition) is 7. The quantitative estimate of drug-likeness (QED) is 0.240. The second-order valence-electron chi connectivity index (χ2n) is 8.22. The largest absolute Gasteiger partial charge is 0.424 e. The second kappa shape index (κ2) is 9.63. The van der Waals surface area contributed by atoms with Crippen molar-refractivity contribution in [3.63, 3.8) is 0 Å². The maximum absolute atomic E-state index is 5.83. The van der Waals surface area contributed by atoms with Gasteiger partial charge < -0.3 is 19.9 Å². The fourth-order valence-electron chi connectivity index (χ4n) is 3.83. The molecule has 35 heavy (non-hydrogen) atoms. The number of anilines is 3.